The number of anilines is 1. The second-order valence-corrected chi connectivity index (χ2v) is 5.28. The number of hydrogen-bond donors (Lipinski definition) is 1. The number of carbonyl (C=O) groups excluding carboxylic acids is 1. The Morgan fingerprint density at radius 2 is 2.22 bits per heavy atom. The molecule has 2 heterocycles. The van der Waals surface area contributed by atoms with Crippen molar-refractivity contribution in [3.05, 3.63) is 5.82 Å². The van der Waals surface area contributed by atoms with E-state index in [0.29, 0.717) is 13.0 Å². The molecule has 1 amide bonds. The molecule has 18 heavy (non-hydrogen) atoms. The predicted molar refractivity (Wildman–Crippen MR) is 72.8 cm³/mol. The first-order chi connectivity index (χ1) is 8.79. The summed E-state index contributed by atoms with van der Waals surface area (Å²) in [6.07, 6.45) is 4.82. The lowest BCUT2D eigenvalue weighted by Gasteiger charge is -2.14. The lowest BCUT2D eigenvalue weighted by Crippen LogP contribution is -2.29. The van der Waals surface area contributed by atoms with Crippen molar-refractivity contribution in [2.45, 2.75) is 39.0 Å². The number of carbonyl (C=O) groups is 1. The van der Waals surface area contributed by atoms with E-state index in [0.717, 1.165) is 49.7 Å². The summed E-state index contributed by atoms with van der Waals surface area (Å²) in [6, 6.07) is 0. The van der Waals surface area contributed by atoms with Crippen molar-refractivity contribution in [2.75, 3.05) is 25.0 Å². The monoisotopic (exact) mass is 268 g/mol. The fourth-order valence-corrected chi connectivity index (χ4v) is 2.69. The summed E-state index contributed by atoms with van der Waals surface area (Å²) < 4.78 is 4.25. The molecule has 0 aromatic carbocycles. The van der Waals surface area contributed by atoms with E-state index in [1.165, 1.54) is 11.5 Å². The summed E-state index contributed by atoms with van der Waals surface area (Å²) in [4.78, 5) is 18.1. The van der Waals surface area contributed by atoms with Crippen LogP contribution in [0.5, 0.6) is 0 Å². The number of nitrogens with zero attached hydrogens (tertiary/aromatic N) is 3. The molecule has 1 aromatic rings. The van der Waals surface area contributed by atoms with Crippen molar-refractivity contribution in [1.82, 2.24) is 14.3 Å². The third-order valence-corrected chi connectivity index (χ3v) is 3.73. The topological polar surface area (TPSA) is 58.1 Å². The zero-order valence-corrected chi connectivity index (χ0v) is 11.6. The van der Waals surface area contributed by atoms with E-state index in [4.69, 9.17) is 0 Å². The number of nitrogens with one attached hydrogen (secondary N) is 1. The Labute approximate surface area is 112 Å². The van der Waals surface area contributed by atoms with Gasteiger partial charge < -0.3 is 10.2 Å². The molecule has 0 bridgehead atoms. The van der Waals surface area contributed by atoms with Gasteiger partial charge in [0, 0.05) is 44.0 Å². The van der Waals surface area contributed by atoms with Crippen LogP contribution in [0.3, 0.4) is 0 Å². The largest absolute Gasteiger partial charge is 0.360 e. The molecular formula is C12H20N4OS. The second-order valence-electron chi connectivity index (χ2n) is 4.53. The Kier molecular flexibility index (Phi) is 4.92. The van der Waals surface area contributed by atoms with E-state index in [-0.39, 0.29) is 5.91 Å². The highest BCUT2D eigenvalue weighted by molar-refractivity contribution is 7.09. The number of hydrogen-bond acceptors (Lipinski definition) is 5. The van der Waals surface area contributed by atoms with Gasteiger partial charge in [-0.2, -0.15) is 4.37 Å². The maximum absolute atomic E-state index is 11.8. The fraction of sp³-hybridized carbons (Fsp3) is 0.750. The Morgan fingerprint density at radius 1 is 1.44 bits per heavy atom. The molecule has 0 unspecified atom stereocenters. The highest BCUT2D eigenvalue weighted by Crippen LogP contribution is 2.13. The van der Waals surface area contributed by atoms with E-state index < -0.39 is 0 Å². The van der Waals surface area contributed by atoms with Crippen LogP contribution in [0.4, 0.5) is 5.13 Å². The first-order valence-corrected chi connectivity index (χ1v) is 7.41. The quantitative estimate of drug-likeness (QED) is 0.856. The smallest absolute Gasteiger partial charge is 0.224 e. The van der Waals surface area contributed by atoms with Gasteiger partial charge in [-0.3, -0.25) is 4.79 Å². The first-order valence-electron chi connectivity index (χ1n) is 6.64. The summed E-state index contributed by atoms with van der Waals surface area (Å²) in [5, 5.41) is 4.00. The van der Waals surface area contributed by atoms with Gasteiger partial charge in [0.15, 0.2) is 0 Å². The summed E-state index contributed by atoms with van der Waals surface area (Å²) >= 11 is 1.38. The maximum atomic E-state index is 11.8. The molecule has 1 aromatic heterocycles. The Morgan fingerprint density at radius 3 is 2.94 bits per heavy atom. The van der Waals surface area contributed by atoms with Gasteiger partial charge in [-0.1, -0.05) is 6.92 Å². The van der Waals surface area contributed by atoms with Gasteiger partial charge in [0.05, 0.1) is 0 Å². The molecule has 1 fully saturated rings. The minimum Gasteiger partial charge on any atom is -0.360 e. The zero-order valence-electron chi connectivity index (χ0n) is 10.8. The molecule has 0 radical (unpaired) electrons. The molecule has 0 atom stereocenters. The number of aryl methyl sites for hydroxylation is 1. The SMILES string of the molecule is CCCc1nsc(NCCC(=O)N2CCCC2)n1. The molecule has 100 valence electrons. The molecule has 1 saturated heterocycles. The van der Waals surface area contributed by atoms with Crippen LogP contribution in [-0.4, -0.2) is 39.8 Å². The van der Waals surface area contributed by atoms with Crippen LogP contribution in [-0.2, 0) is 11.2 Å². The third-order valence-electron chi connectivity index (χ3n) is 3.02. The van der Waals surface area contributed by atoms with Gasteiger partial charge in [-0.05, 0) is 19.3 Å². The minimum absolute atomic E-state index is 0.248. The molecule has 1 aliphatic rings. The van der Waals surface area contributed by atoms with Crippen LogP contribution in [0.2, 0.25) is 0 Å². The van der Waals surface area contributed by atoms with E-state index in [1.807, 2.05) is 4.90 Å². The van der Waals surface area contributed by atoms with Crippen molar-refractivity contribution in [2.24, 2.45) is 0 Å². The minimum atomic E-state index is 0.248. The van der Waals surface area contributed by atoms with E-state index in [9.17, 15) is 4.79 Å². The normalized spacial score (nSPS) is 15.1. The molecule has 0 spiro atoms. The van der Waals surface area contributed by atoms with Crippen LogP contribution in [0.15, 0.2) is 0 Å². The average molecular weight is 268 g/mol. The standard InChI is InChI=1S/C12H20N4OS/c1-2-5-10-14-12(18-15-10)13-7-6-11(17)16-8-3-4-9-16/h2-9H2,1H3,(H,13,14,15). The van der Waals surface area contributed by atoms with Crippen LogP contribution in [0, 0.1) is 0 Å². The highest BCUT2D eigenvalue weighted by Gasteiger charge is 2.17. The number of likely N-dealkylation sites (tertiary alicyclic amines) is 1. The van der Waals surface area contributed by atoms with Gasteiger partial charge in [-0.25, -0.2) is 4.98 Å². The van der Waals surface area contributed by atoms with E-state index in [1.54, 1.807) is 0 Å². The van der Waals surface area contributed by atoms with Gasteiger partial charge >= 0.3 is 0 Å². The highest BCUT2D eigenvalue weighted by atomic mass is 32.1. The Balaban J connectivity index is 1.69. The van der Waals surface area contributed by atoms with E-state index >= 15 is 0 Å². The van der Waals surface area contributed by atoms with Crippen molar-refractivity contribution >= 4 is 22.6 Å². The Bertz CT molecular complexity index is 387. The number of aromatic nitrogens is 2. The van der Waals surface area contributed by atoms with Crippen molar-refractivity contribution in [3.63, 3.8) is 0 Å². The summed E-state index contributed by atoms with van der Waals surface area (Å²) in [5.41, 5.74) is 0. The van der Waals surface area contributed by atoms with Crippen LogP contribution < -0.4 is 5.32 Å². The average Bonchev–Trinajstić information content (AvgIpc) is 3.00. The van der Waals surface area contributed by atoms with Gasteiger partial charge in [0.1, 0.15) is 5.82 Å². The molecule has 2 rings (SSSR count). The molecule has 1 N–H and O–H groups in total. The molecule has 5 nitrogen and oxygen atoms in total. The van der Waals surface area contributed by atoms with Crippen molar-refractivity contribution in [3.8, 4) is 0 Å². The van der Waals surface area contributed by atoms with Crippen molar-refractivity contribution in [1.29, 1.82) is 0 Å². The molecule has 0 saturated carbocycles. The first kappa shape index (κ1) is 13.3. The number of rotatable bonds is 6. The molecule has 6 heteroatoms. The summed E-state index contributed by atoms with van der Waals surface area (Å²) in [7, 11) is 0. The summed E-state index contributed by atoms with van der Waals surface area (Å²) in [5.74, 6) is 1.15. The van der Waals surface area contributed by atoms with Crippen LogP contribution in [0.25, 0.3) is 0 Å². The molecule has 0 aliphatic carbocycles. The number of amides is 1. The third kappa shape index (κ3) is 3.66. The summed E-state index contributed by atoms with van der Waals surface area (Å²) in [6.45, 7) is 4.62. The van der Waals surface area contributed by atoms with Gasteiger partial charge in [-0.15, -0.1) is 0 Å². The maximum Gasteiger partial charge on any atom is 0.224 e. The van der Waals surface area contributed by atoms with Crippen LogP contribution >= 0.6 is 11.5 Å². The molecular weight excluding hydrogens is 248 g/mol. The van der Waals surface area contributed by atoms with Crippen LogP contribution in [0.1, 0.15) is 38.4 Å². The molecule has 1 aliphatic heterocycles. The van der Waals surface area contributed by atoms with Gasteiger partial charge in [0.2, 0.25) is 11.0 Å². The van der Waals surface area contributed by atoms with E-state index in [2.05, 4.69) is 21.6 Å². The predicted octanol–water partition coefficient (Wildman–Crippen LogP) is 1.92. The second kappa shape index (κ2) is 6.68. The lowest BCUT2D eigenvalue weighted by molar-refractivity contribution is -0.129. The zero-order chi connectivity index (χ0) is 12.8. The fourth-order valence-electron chi connectivity index (χ4n) is 2.05. The van der Waals surface area contributed by atoms with Gasteiger partial charge in [0.25, 0.3) is 0 Å². The Hall–Kier alpha value is -1.17. The lowest BCUT2D eigenvalue weighted by atomic mass is 10.3. The van der Waals surface area contributed by atoms with Crippen molar-refractivity contribution < 1.29 is 4.79 Å².